The van der Waals surface area contributed by atoms with Crippen LogP contribution in [-0.2, 0) is 9.53 Å². The van der Waals surface area contributed by atoms with Gasteiger partial charge in [0.2, 0.25) is 0 Å². The fraction of sp³-hybridized carbons (Fsp3) is 0.875. The van der Waals surface area contributed by atoms with Gasteiger partial charge in [-0.1, -0.05) is 0 Å². The molecular formula is C8H13NO2. The van der Waals surface area contributed by atoms with Gasteiger partial charge in [-0.3, -0.25) is 10.1 Å². The summed E-state index contributed by atoms with van der Waals surface area (Å²) in [5.74, 6) is -0.0718. The predicted molar refractivity (Wildman–Crippen MR) is 40.1 cm³/mol. The standard InChI is InChI=1S/C8H13NO2/c1-11-7(10)8-4-2-6(9-8)3-5-8/h6,9H,2-5H2,1H3. The SMILES string of the molecule is COC(=O)C12CCC(CC1)N2. The first-order chi connectivity index (χ1) is 5.27. The molecule has 2 fully saturated rings. The number of hydrogen-bond donors (Lipinski definition) is 1. The molecule has 62 valence electrons. The molecule has 11 heavy (non-hydrogen) atoms. The second-order valence-corrected chi connectivity index (χ2v) is 3.49. The van der Waals surface area contributed by atoms with Crippen LogP contribution in [0.15, 0.2) is 0 Å². The van der Waals surface area contributed by atoms with Gasteiger partial charge in [0.15, 0.2) is 0 Å². The molecule has 0 spiro atoms. The van der Waals surface area contributed by atoms with Gasteiger partial charge in [-0.2, -0.15) is 0 Å². The summed E-state index contributed by atoms with van der Waals surface area (Å²) < 4.78 is 4.75. The number of nitrogens with one attached hydrogen (secondary N) is 1. The first-order valence-corrected chi connectivity index (χ1v) is 4.13. The average molecular weight is 155 g/mol. The van der Waals surface area contributed by atoms with Crippen LogP contribution in [0.2, 0.25) is 0 Å². The number of ether oxygens (including phenoxy) is 1. The Labute approximate surface area is 66.1 Å². The van der Waals surface area contributed by atoms with Gasteiger partial charge in [0.05, 0.1) is 7.11 Å². The average Bonchev–Trinajstić information content (AvgIpc) is 2.62. The topological polar surface area (TPSA) is 38.3 Å². The van der Waals surface area contributed by atoms with Crippen LogP contribution >= 0.6 is 0 Å². The molecule has 0 unspecified atom stereocenters. The number of esters is 1. The molecule has 2 saturated heterocycles. The van der Waals surface area contributed by atoms with Crippen molar-refractivity contribution in [2.24, 2.45) is 0 Å². The van der Waals surface area contributed by atoms with E-state index in [-0.39, 0.29) is 11.5 Å². The highest BCUT2D eigenvalue weighted by Gasteiger charge is 2.50. The molecule has 0 saturated carbocycles. The van der Waals surface area contributed by atoms with E-state index in [4.69, 9.17) is 4.74 Å². The molecule has 2 rings (SSSR count). The Hall–Kier alpha value is -0.570. The van der Waals surface area contributed by atoms with Crippen molar-refractivity contribution in [3.8, 4) is 0 Å². The van der Waals surface area contributed by atoms with Crippen LogP contribution < -0.4 is 5.32 Å². The molecular weight excluding hydrogens is 142 g/mol. The van der Waals surface area contributed by atoms with Crippen molar-refractivity contribution >= 4 is 5.97 Å². The van der Waals surface area contributed by atoms with Crippen LogP contribution in [0.1, 0.15) is 25.7 Å². The third-order valence-electron chi connectivity index (χ3n) is 2.90. The van der Waals surface area contributed by atoms with Gasteiger partial charge in [-0.15, -0.1) is 0 Å². The monoisotopic (exact) mass is 155 g/mol. The quantitative estimate of drug-likeness (QED) is 0.558. The van der Waals surface area contributed by atoms with Gasteiger partial charge in [0, 0.05) is 6.04 Å². The highest BCUT2D eigenvalue weighted by atomic mass is 16.5. The largest absolute Gasteiger partial charge is 0.468 e. The van der Waals surface area contributed by atoms with Crippen molar-refractivity contribution in [2.45, 2.75) is 37.3 Å². The highest BCUT2D eigenvalue weighted by Crippen LogP contribution is 2.38. The van der Waals surface area contributed by atoms with Crippen LogP contribution in [-0.4, -0.2) is 24.7 Å². The Morgan fingerprint density at radius 3 is 2.55 bits per heavy atom. The molecule has 3 heteroatoms. The maximum atomic E-state index is 11.3. The molecule has 0 radical (unpaired) electrons. The summed E-state index contributed by atoms with van der Waals surface area (Å²) in [6.07, 6.45) is 4.19. The van der Waals surface area contributed by atoms with Gasteiger partial charge in [-0.25, -0.2) is 0 Å². The summed E-state index contributed by atoms with van der Waals surface area (Å²) >= 11 is 0. The number of fused-ring (bicyclic) bond motifs is 2. The highest BCUT2D eigenvalue weighted by molar-refractivity contribution is 5.81. The normalized spacial score (nSPS) is 41.0. The number of carbonyl (C=O) groups is 1. The third-order valence-corrected chi connectivity index (χ3v) is 2.90. The fourth-order valence-electron chi connectivity index (χ4n) is 2.25. The van der Waals surface area contributed by atoms with Gasteiger partial charge in [0.1, 0.15) is 5.54 Å². The molecule has 3 nitrogen and oxygen atoms in total. The Morgan fingerprint density at radius 2 is 2.18 bits per heavy atom. The zero-order valence-electron chi connectivity index (χ0n) is 6.72. The molecule has 2 bridgehead atoms. The molecule has 2 heterocycles. The van der Waals surface area contributed by atoms with E-state index in [1.807, 2.05) is 0 Å². The summed E-state index contributed by atoms with van der Waals surface area (Å²) in [6, 6.07) is 0.578. The van der Waals surface area contributed by atoms with E-state index in [1.165, 1.54) is 7.11 Å². The molecule has 2 aliphatic heterocycles. The van der Waals surface area contributed by atoms with Crippen molar-refractivity contribution in [1.29, 1.82) is 0 Å². The van der Waals surface area contributed by atoms with Crippen LogP contribution in [0.4, 0.5) is 0 Å². The predicted octanol–water partition coefficient (Wildman–Crippen LogP) is 0.444. The molecule has 0 aromatic carbocycles. The molecule has 0 aromatic rings. The Bertz CT molecular complexity index is 183. The number of rotatable bonds is 1. The minimum Gasteiger partial charge on any atom is -0.468 e. The summed E-state index contributed by atoms with van der Waals surface area (Å²) in [4.78, 5) is 11.3. The second-order valence-electron chi connectivity index (χ2n) is 3.49. The van der Waals surface area contributed by atoms with Gasteiger partial charge >= 0.3 is 5.97 Å². The number of carbonyl (C=O) groups excluding carboxylic acids is 1. The van der Waals surface area contributed by atoms with E-state index < -0.39 is 0 Å². The van der Waals surface area contributed by atoms with Crippen molar-refractivity contribution in [3.05, 3.63) is 0 Å². The zero-order chi connectivity index (χ0) is 7.90. The number of methoxy groups -OCH3 is 1. The Morgan fingerprint density at radius 1 is 1.55 bits per heavy atom. The molecule has 0 amide bonds. The zero-order valence-corrected chi connectivity index (χ0v) is 6.72. The first-order valence-electron chi connectivity index (χ1n) is 4.13. The van der Waals surface area contributed by atoms with Gasteiger partial charge < -0.3 is 4.74 Å². The summed E-state index contributed by atoms with van der Waals surface area (Å²) in [6.45, 7) is 0. The van der Waals surface area contributed by atoms with Crippen molar-refractivity contribution in [1.82, 2.24) is 5.32 Å². The van der Waals surface area contributed by atoms with Crippen LogP contribution in [0.5, 0.6) is 0 Å². The molecule has 0 aliphatic carbocycles. The lowest BCUT2D eigenvalue weighted by atomic mass is 9.88. The first kappa shape index (κ1) is 7.10. The van der Waals surface area contributed by atoms with Gasteiger partial charge in [-0.05, 0) is 25.7 Å². The van der Waals surface area contributed by atoms with Crippen LogP contribution in [0.25, 0.3) is 0 Å². The molecule has 0 atom stereocenters. The maximum Gasteiger partial charge on any atom is 0.326 e. The third kappa shape index (κ3) is 0.872. The van der Waals surface area contributed by atoms with E-state index in [1.54, 1.807) is 0 Å². The van der Waals surface area contributed by atoms with Gasteiger partial charge in [0.25, 0.3) is 0 Å². The van der Waals surface area contributed by atoms with E-state index in [2.05, 4.69) is 5.32 Å². The Kier molecular flexibility index (Phi) is 1.42. The molecule has 2 aliphatic rings. The summed E-state index contributed by atoms with van der Waals surface area (Å²) in [7, 11) is 1.46. The summed E-state index contributed by atoms with van der Waals surface area (Å²) in [5.41, 5.74) is -0.292. The van der Waals surface area contributed by atoms with Crippen molar-refractivity contribution in [2.75, 3.05) is 7.11 Å². The fourth-order valence-corrected chi connectivity index (χ4v) is 2.25. The van der Waals surface area contributed by atoms with Crippen LogP contribution in [0.3, 0.4) is 0 Å². The minimum absolute atomic E-state index is 0.0718. The van der Waals surface area contributed by atoms with E-state index >= 15 is 0 Å². The summed E-state index contributed by atoms with van der Waals surface area (Å²) in [5, 5.41) is 3.32. The lowest BCUT2D eigenvalue weighted by Crippen LogP contribution is -2.45. The van der Waals surface area contributed by atoms with Crippen molar-refractivity contribution < 1.29 is 9.53 Å². The molecule has 0 aromatic heterocycles. The number of hydrogen-bond acceptors (Lipinski definition) is 3. The lowest BCUT2D eigenvalue weighted by molar-refractivity contribution is -0.147. The second kappa shape index (κ2) is 2.21. The van der Waals surface area contributed by atoms with E-state index in [0.29, 0.717) is 6.04 Å². The lowest BCUT2D eigenvalue weighted by Gasteiger charge is -2.21. The maximum absolute atomic E-state index is 11.3. The molecule has 1 N–H and O–H groups in total. The van der Waals surface area contributed by atoms with E-state index in [9.17, 15) is 4.79 Å². The van der Waals surface area contributed by atoms with Crippen molar-refractivity contribution in [3.63, 3.8) is 0 Å². The van der Waals surface area contributed by atoms with E-state index in [0.717, 1.165) is 25.7 Å². The smallest absolute Gasteiger partial charge is 0.326 e. The minimum atomic E-state index is -0.292. The van der Waals surface area contributed by atoms with Crippen LogP contribution in [0, 0.1) is 0 Å². The Balaban J connectivity index is 2.16.